The maximum atomic E-state index is 12.4. The highest BCUT2D eigenvalue weighted by atomic mass is 16.1. The van der Waals surface area contributed by atoms with Crippen LogP contribution in [0.25, 0.3) is 11.0 Å². The van der Waals surface area contributed by atoms with Crippen molar-refractivity contribution in [2.45, 2.75) is 6.92 Å². The number of aromatic nitrogens is 3. The summed E-state index contributed by atoms with van der Waals surface area (Å²) in [5.74, 6) is -0.251. The van der Waals surface area contributed by atoms with Gasteiger partial charge >= 0.3 is 0 Å². The Bertz CT molecular complexity index is 873. The van der Waals surface area contributed by atoms with Crippen molar-refractivity contribution in [2.75, 3.05) is 10.7 Å². The first-order chi connectivity index (χ1) is 11.2. The zero-order valence-corrected chi connectivity index (χ0v) is 12.3. The predicted molar refractivity (Wildman–Crippen MR) is 85.8 cm³/mol. The molecule has 0 unspecified atom stereocenters. The molecule has 2 amide bonds. The molecule has 116 valence electrons. The summed E-state index contributed by atoms with van der Waals surface area (Å²) >= 11 is 0. The summed E-state index contributed by atoms with van der Waals surface area (Å²) in [6, 6.07) is 10.4. The normalized spacial score (nSPS) is 10.3. The van der Waals surface area contributed by atoms with E-state index >= 15 is 0 Å². The SMILES string of the molecule is Cc1ccc(NNC=O)cc1NC(=O)c1ccc2n[nH]nc2c1. The number of hydrogen-bond acceptors (Lipinski definition) is 5. The largest absolute Gasteiger partial charge is 0.322 e. The number of hydrazine groups is 1. The molecule has 8 nitrogen and oxygen atoms in total. The number of amides is 2. The number of benzene rings is 2. The average Bonchev–Trinajstić information content (AvgIpc) is 3.03. The maximum absolute atomic E-state index is 12.4. The van der Waals surface area contributed by atoms with E-state index in [1.165, 1.54) is 0 Å². The van der Waals surface area contributed by atoms with Crippen molar-refractivity contribution in [3.05, 3.63) is 47.5 Å². The molecular weight excluding hydrogens is 296 g/mol. The molecule has 0 fully saturated rings. The highest BCUT2D eigenvalue weighted by molar-refractivity contribution is 6.06. The highest BCUT2D eigenvalue weighted by Crippen LogP contribution is 2.21. The van der Waals surface area contributed by atoms with Crippen molar-refractivity contribution in [2.24, 2.45) is 0 Å². The molecule has 3 rings (SSSR count). The van der Waals surface area contributed by atoms with Crippen LogP contribution in [0, 0.1) is 6.92 Å². The number of carbonyl (C=O) groups excluding carboxylic acids is 2. The lowest BCUT2D eigenvalue weighted by atomic mass is 10.1. The van der Waals surface area contributed by atoms with Crippen molar-refractivity contribution in [1.29, 1.82) is 0 Å². The molecule has 2 aromatic carbocycles. The Morgan fingerprint density at radius 3 is 2.78 bits per heavy atom. The first-order valence-electron chi connectivity index (χ1n) is 6.85. The minimum Gasteiger partial charge on any atom is -0.322 e. The molecule has 0 aliphatic rings. The van der Waals surface area contributed by atoms with Crippen molar-refractivity contribution in [3.8, 4) is 0 Å². The molecule has 4 N–H and O–H groups in total. The van der Waals surface area contributed by atoms with Crippen LogP contribution in [0.3, 0.4) is 0 Å². The molecule has 1 heterocycles. The summed E-state index contributed by atoms with van der Waals surface area (Å²) in [5.41, 5.74) is 9.06. The molecule has 3 aromatic rings. The highest BCUT2D eigenvalue weighted by Gasteiger charge is 2.10. The molecule has 0 radical (unpaired) electrons. The van der Waals surface area contributed by atoms with Crippen LogP contribution in [0.15, 0.2) is 36.4 Å². The van der Waals surface area contributed by atoms with Crippen LogP contribution in [0.4, 0.5) is 11.4 Å². The average molecular weight is 310 g/mol. The molecule has 0 saturated carbocycles. The van der Waals surface area contributed by atoms with Crippen LogP contribution in [-0.2, 0) is 4.79 Å². The van der Waals surface area contributed by atoms with Crippen molar-refractivity contribution >= 4 is 34.7 Å². The van der Waals surface area contributed by atoms with E-state index in [1.807, 2.05) is 13.0 Å². The van der Waals surface area contributed by atoms with Gasteiger partial charge in [-0.1, -0.05) is 6.07 Å². The van der Waals surface area contributed by atoms with Gasteiger partial charge in [-0.3, -0.25) is 20.4 Å². The van der Waals surface area contributed by atoms with Crippen molar-refractivity contribution < 1.29 is 9.59 Å². The van der Waals surface area contributed by atoms with Gasteiger partial charge in [0, 0.05) is 11.3 Å². The molecule has 0 atom stereocenters. The van der Waals surface area contributed by atoms with Gasteiger partial charge in [0.05, 0.1) is 5.69 Å². The lowest BCUT2D eigenvalue weighted by Crippen LogP contribution is -2.19. The second-order valence-corrected chi connectivity index (χ2v) is 4.90. The number of hydrogen-bond donors (Lipinski definition) is 4. The van der Waals surface area contributed by atoms with Gasteiger partial charge in [0.15, 0.2) is 0 Å². The monoisotopic (exact) mass is 310 g/mol. The topological polar surface area (TPSA) is 112 Å². The summed E-state index contributed by atoms with van der Waals surface area (Å²) < 4.78 is 0. The Morgan fingerprint density at radius 2 is 1.96 bits per heavy atom. The van der Waals surface area contributed by atoms with Crippen LogP contribution in [-0.4, -0.2) is 27.7 Å². The van der Waals surface area contributed by atoms with Crippen LogP contribution in [0.2, 0.25) is 0 Å². The van der Waals surface area contributed by atoms with Crippen molar-refractivity contribution in [3.63, 3.8) is 0 Å². The first kappa shape index (κ1) is 14.5. The fourth-order valence-electron chi connectivity index (χ4n) is 2.12. The molecule has 8 heteroatoms. The number of rotatable bonds is 5. The number of fused-ring (bicyclic) bond motifs is 1. The molecule has 0 aliphatic carbocycles. The van der Waals surface area contributed by atoms with Crippen LogP contribution in [0.1, 0.15) is 15.9 Å². The molecule has 0 bridgehead atoms. The van der Waals surface area contributed by atoms with Crippen LogP contribution in [0.5, 0.6) is 0 Å². The number of anilines is 2. The fourth-order valence-corrected chi connectivity index (χ4v) is 2.12. The standard InChI is InChI=1S/C15H14N6O2/c1-9-2-4-11(18-16-8-22)7-13(9)17-15(23)10-3-5-12-14(6-10)20-21-19-12/h2-8,18H,1H3,(H,16,22)(H,17,23)(H,19,20,21). The third-order valence-electron chi connectivity index (χ3n) is 3.34. The number of nitrogens with one attached hydrogen (secondary N) is 4. The number of carbonyl (C=O) groups is 2. The number of H-pyrrole nitrogens is 1. The van der Waals surface area contributed by atoms with Gasteiger partial charge in [-0.25, -0.2) is 0 Å². The van der Waals surface area contributed by atoms with Gasteiger partial charge in [-0.15, -0.1) is 0 Å². The van der Waals surface area contributed by atoms with Gasteiger partial charge in [-0.2, -0.15) is 15.4 Å². The zero-order chi connectivity index (χ0) is 16.2. The van der Waals surface area contributed by atoms with E-state index in [0.717, 1.165) is 5.56 Å². The Labute approximate surface area is 131 Å². The maximum Gasteiger partial charge on any atom is 0.255 e. The molecular formula is C15H14N6O2. The zero-order valence-electron chi connectivity index (χ0n) is 12.3. The Kier molecular flexibility index (Phi) is 3.88. The number of nitrogens with zero attached hydrogens (tertiary/aromatic N) is 2. The van der Waals surface area contributed by atoms with E-state index in [-0.39, 0.29) is 5.91 Å². The third-order valence-corrected chi connectivity index (χ3v) is 3.34. The summed E-state index contributed by atoms with van der Waals surface area (Å²) in [6.07, 6.45) is 0.533. The second-order valence-electron chi connectivity index (χ2n) is 4.90. The molecule has 0 saturated heterocycles. The molecule has 1 aromatic heterocycles. The van der Waals surface area contributed by atoms with Gasteiger partial charge in [0.2, 0.25) is 6.41 Å². The molecule has 0 spiro atoms. The quantitative estimate of drug-likeness (QED) is 0.422. The van der Waals surface area contributed by atoms with Crippen LogP contribution < -0.4 is 16.2 Å². The third kappa shape index (κ3) is 3.10. The predicted octanol–water partition coefficient (Wildman–Crippen LogP) is 1.59. The van der Waals surface area contributed by atoms with Gasteiger partial charge in [-0.05, 0) is 42.8 Å². The minimum atomic E-state index is -0.251. The van der Waals surface area contributed by atoms with Gasteiger partial charge in [0.1, 0.15) is 11.0 Å². The Hall–Kier alpha value is -3.42. The lowest BCUT2D eigenvalue weighted by molar-refractivity contribution is -0.109. The smallest absolute Gasteiger partial charge is 0.255 e. The lowest BCUT2D eigenvalue weighted by Gasteiger charge is -2.11. The Balaban J connectivity index is 1.82. The summed E-state index contributed by atoms with van der Waals surface area (Å²) in [6.45, 7) is 1.88. The van der Waals surface area contributed by atoms with E-state index < -0.39 is 0 Å². The fraction of sp³-hybridized carbons (Fsp3) is 0.0667. The van der Waals surface area contributed by atoms with E-state index in [4.69, 9.17) is 0 Å². The first-order valence-corrected chi connectivity index (χ1v) is 6.85. The molecule has 23 heavy (non-hydrogen) atoms. The van der Waals surface area contributed by atoms with E-state index in [1.54, 1.807) is 30.3 Å². The van der Waals surface area contributed by atoms with Crippen LogP contribution >= 0.6 is 0 Å². The van der Waals surface area contributed by atoms with E-state index in [2.05, 4.69) is 31.6 Å². The summed E-state index contributed by atoms with van der Waals surface area (Å²) in [4.78, 5) is 22.7. The minimum absolute atomic E-state index is 0.251. The van der Waals surface area contributed by atoms with Gasteiger partial charge in [0.25, 0.3) is 5.91 Å². The van der Waals surface area contributed by atoms with Gasteiger partial charge < -0.3 is 5.32 Å². The van der Waals surface area contributed by atoms with E-state index in [9.17, 15) is 9.59 Å². The second kappa shape index (κ2) is 6.14. The number of aryl methyl sites for hydroxylation is 1. The van der Waals surface area contributed by atoms with Crippen molar-refractivity contribution in [1.82, 2.24) is 20.8 Å². The summed E-state index contributed by atoms with van der Waals surface area (Å²) in [5, 5.41) is 13.3. The molecule has 0 aliphatic heterocycles. The summed E-state index contributed by atoms with van der Waals surface area (Å²) in [7, 11) is 0. The number of aromatic amines is 1. The van der Waals surface area contributed by atoms with E-state index in [0.29, 0.717) is 34.4 Å². The Morgan fingerprint density at radius 1 is 1.13 bits per heavy atom.